The van der Waals surface area contributed by atoms with E-state index in [0.29, 0.717) is 0 Å². The molecule has 0 saturated carbocycles. The third kappa shape index (κ3) is 6.46. The first-order valence-corrected chi connectivity index (χ1v) is 9.23. The molecule has 1 aromatic heterocycles. The molecule has 0 unspecified atom stereocenters. The SMILES string of the molecule is CC.CC.O=c1ccc2ccccc2[nH]1.c1ccc2c(c1)CCCN2. The number of para-hydroxylation sites is 2. The zero-order valence-corrected chi connectivity index (χ0v) is 15.8. The number of nitrogens with one attached hydrogen (secondary N) is 2. The van der Waals surface area contributed by atoms with Crippen LogP contribution in [-0.2, 0) is 6.42 Å². The molecule has 134 valence electrons. The summed E-state index contributed by atoms with van der Waals surface area (Å²) in [6.45, 7) is 9.14. The summed E-state index contributed by atoms with van der Waals surface area (Å²) in [5.41, 5.74) is 3.63. The summed E-state index contributed by atoms with van der Waals surface area (Å²) in [6, 6.07) is 19.6. The Labute approximate surface area is 151 Å². The van der Waals surface area contributed by atoms with Crippen molar-refractivity contribution in [2.45, 2.75) is 40.5 Å². The number of H-pyrrole nitrogens is 1. The largest absolute Gasteiger partial charge is 0.385 e. The van der Waals surface area contributed by atoms with Crippen LogP contribution in [0.3, 0.4) is 0 Å². The van der Waals surface area contributed by atoms with Gasteiger partial charge in [0, 0.05) is 23.8 Å². The second-order valence-corrected chi connectivity index (χ2v) is 5.10. The maximum Gasteiger partial charge on any atom is 0.248 e. The lowest BCUT2D eigenvalue weighted by molar-refractivity contribution is 0.830. The van der Waals surface area contributed by atoms with Gasteiger partial charge in [-0.2, -0.15) is 0 Å². The van der Waals surface area contributed by atoms with Crippen LogP contribution in [0, 0.1) is 0 Å². The van der Waals surface area contributed by atoms with E-state index in [1.54, 1.807) is 0 Å². The van der Waals surface area contributed by atoms with Crippen molar-refractivity contribution in [1.29, 1.82) is 0 Å². The lowest BCUT2D eigenvalue weighted by Gasteiger charge is -2.16. The Balaban J connectivity index is 0.000000210. The number of hydrogen-bond donors (Lipinski definition) is 2. The Morgan fingerprint density at radius 2 is 1.48 bits per heavy atom. The maximum atomic E-state index is 10.8. The van der Waals surface area contributed by atoms with Crippen molar-refractivity contribution in [3.63, 3.8) is 0 Å². The molecule has 0 fully saturated rings. The summed E-state index contributed by atoms with van der Waals surface area (Å²) in [5, 5.41) is 4.42. The minimum absolute atomic E-state index is 0.0521. The van der Waals surface area contributed by atoms with Gasteiger partial charge in [-0.3, -0.25) is 4.79 Å². The summed E-state index contributed by atoms with van der Waals surface area (Å²) >= 11 is 0. The van der Waals surface area contributed by atoms with Crippen LogP contribution in [0.25, 0.3) is 10.9 Å². The monoisotopic (exact) mass is 338 g/mol. The molecule has 0 amide bonds. The van der Waals surface area contributed by atoms with E-state index in [1.165, 1.54) is 30.2 Å². The maximum absolute atomic E-state index is 10.8. The molecule has 0 saturated heterocycles. The number of rotatable bonds is 0. The second-order valence-electron chi connectivity index (χ2n) is 5.10. The molecule has 0 bridgehead atoms. The number of pyridine rings is 1. The lowest BCUT2D eigenvalue weighted by atomic mass is 10.0. The molecule has 2 heterocycles. The van der Waals surface area contributed by atoms with Gasteiger partial charge >= 0.3 is 0 Å². The van der Waals surface area contributed by atoms with Gasteiger partial charge in [-0.15, -0.1) is 0 Å². The Hall–Kier alpha value is -2.55. The molecular weight excluding hydrogens is 308 g/mol. The third-order valence-corrected chi connectivity index (χ3v) is 3.59. The van der Waals surface area contributed by atoms with Gasteiger partial charge in [0.15, 0.2) is 0 Å². The molecule has 3 heteroatoms. The van der Waals surface area contributed by atoms with Crippen molar-refractivity contribution >= 4 is 16.6 Å². The van der Waals surface area contributed by atoms with Crippen LogP contribution in [0.1, 0.15) is 39.7 Å². The van der Waals surface area contributed by atoms with E-state index in [-0.39, 0.29) is 5.56 Å². The van der Waals surface area contributed by atoms with E-state index in [4.69, 9.17) is 0 Å². The standard InChI is InChI=1S/C9H7NO.C9H11N.2C2H6/c11-9-6-5-7-3-1-2-4-8(7)10-9;1-2-6-9-8(4-1)5-3-7-10-9;2*1-2/h1-6H,(H,10,11);1-2,4,6,10H,3,5,7H2;2*1-2H3. The normalized spacial score (nSPS) is 11.2. The predicted molar refractivity (Wildman–Crippen MR) is 111 cm³/mol. The molecular formula is C22H30N2O. The quantitative estimate of drug-likeness (QED) is 0.558. The molecule has 1 aliphatic rings. The molecule has 0 aliphatic carbocycles. The molecule has 25 heavy (non-hydrogen) atoms. The van der Waals surface area contributed by atoms with Crippen molar-refractivity contribution in [3.8, 4) is 0 Å². The van der Waals surface area contributed by atoms with Crippen molar-refractivity contribution in [2.75, 3.05) is 11.9 Å². The summed E-state index contributed by atoms with van der Waals surface area (Å²) in [7, 11) is 0. The minimum Gasteiger partial charge on any atom is -0.385 e. The Morgan fingerprint density at radius 3 is 2.24 bits per heavy atom. The number of benzene rings is 2. The molecule has 3 aromatic rings. The van der Waals surface area contributed by atoms with Gasteiger partial charge in [-0.1, -0.05) is 64.1 Å². The van der Waals surface area contributed by atoms with E-state index < -0.39 is 0 Å². The van der Waals surface area contributed by atoms with Gasteiger partial charge < -0.3 is 10.3 Å². The number of hydrogen-bond acceptors (Lipinski definition) is 2. The summed E-state index contributed by atoms with van der Waals surface area (Å²) in [4.78, 5) is 13.6. The van der Waals surface area contributed by atoms with Crippen LogP contribution < -0.4 is 10.9 Å². The highest BCUT2D eigenvalue weighted by molar-refractivity contribution is 5.77. The van der Waals surface area contributed by atoms with Gasteiger partial charge in [0.1, 0.15) is 0 Å². The first-order valence-electron chi connectivity index (χ1n) is 9.23. The Bertz CT molecular complexity index is 768. The Morgan fingerprint density at radius 1 is 0.800 bits per heavy atom. The first-order chi connectivity index (χ1) is 12.3. The van der Waals surface area contributed by atoms with Crippen molar-refractivity contribution in [2.24, 2.45) is 0 Å². The van der Waals surface area contributed by atoms with Crippen molar-refractivity contribution in [1.82, 2.24) is 4.98 Å². The van der Waals surface area contributed by atoms with E-state index in [2.05, 4.69) is 34.6 Å². The lowest BCUT2D eigenvalue weighted by Crippen LogP contribution is -2.10. The minimum atomic E-state index is -0.0521. The number of anilines is 1. The van der Waals surface area contributed by atoms with Gasteiger partial charge in [0.25, 0.3) is 0 Å². The molecule has 2 N–H and O–H groups in total. The van der Waals surface area contributed by atoms with E-state index in [1.807, 2.05) is 58.0 Å². The van der Waals surface area contributed by atoms with Crippen LogP contribution in [-0.4, -0.2) is 11.5 Å². The molecule has 0 spiro atoms. The topological polar surface area (TPSA) is 44.9 Å². The number of aryl methyl sites for hydroxylation is 1. The third-order valence-electron chi connectivity index (χ3n) is 3.59. The highest BCUT2D eigenvalue weighted by atomic mass is 16.1. The summed E-state index contributed by atoms with van der Waals surface area (Å²) < 4.78 is 0. The van der Waals surface area contributed by atoms with Crippen LogP contribution >= 0.6 is 0 Å². The smallest absolute Gasteiger partial charge is 0.248 e. The zero-order valence-electron chi connectivity index (χ0n) is 15.8. The van der Waals surface area contributed by atoms with Crippen LogP contribution in [0.2, 0.25) is 0 Å². The number of aromatic amines is 1. The molecule has 3 nitrogen and oxygen atoms in total. The molecule has 2 aromatic carbocycles. The molecule has 0 atom stereocenters. The number of aromatic nitrogens is 1. The molecule has 0 radical (unpaired) electrons. The second kappa shape index (κ2) is 11.9. The average molecular weight is 338 g/mol. The fraction of sp³-hybridized carbons (Fsp3) is 0.318. The highest BCUT2D eigenvalue weighted by Gasteiger charge is 2.04. The predicted octanol–water partition coefficient (Wildman–Crippen LogP) is 5.63. The van der Waals surface area contributed by atoms with Gasteiger partial charge in [0.2, 0.25) is 5.56 Å². The zero-order chi connectivity index (χ0) is 18.5. The summed E-state index contributed by atoms with van der Waals surface area (Å²) in [6.07, 6.45) is 2.51. The fourth-order valence-electron chi connectivity index (χ4n) is 2.51. The molecule has 4 rings (SSSR count). The van der Waals surface area contributed by atoms with Crippen LogP contribution in [0.5, 0.6) is 0 Å². The van der Waals surface area contributed by atoms with Gasteiger partial charge in [0.05, 0.1) is 0 Å². The molecule has 1 aliphatic heterocycles. The number of fused-ring (bicyclic) bond motifs is 2. The van der Waals surface area contributed by atoms with E-state index in [9.17, 15) is 4.79 Å². The highest BCUT2D eigenvalue weighted by Crippen LogP contribution is 2.20. The van der Waals surface area contributed by atoms with Gasteiger partial charge in [-0.05, 0) is 42.0 Å². The average Bonchev–Trinajstić information content (AvgIpc) is 2.71. The first kappa shape index (κ1) is 20.5. The van der Waals surface area contributed by atoms with Crippen molar-refractivity contribution < 1.29 is 0 Å². The van der Waals surface area contributed by atoms with E-state index in [0.717, 1.165) is 17.4 Å². The summed E-state index contributed by atoms with van der Waals surface area (Å²) in [5.74, 6) is 0. The fourth-order valence-corrected chi connectivity index (χ4v) is 2.51. The van der Waals surface area contributed by atoms with Crippen LogP contribution in [0.4, 0.5) is 5.69 Å². The van der Waals surface area contributed by atoms with E-state index >= 15 is 0 Å². The van der Waals surface area contributed by atoms with Gasteiger partial charge in [-0.25, -0.2) is 0 Å². The van der Waals surface area contributed by atoms with Crippen LogP contribution in [0.15, 0.2) is 65.5 Å². The Kier molecular flexibility index (Phi) is 9.76. The van der Waals surface area contributed by atoms with Crippen molar-refractivity contribution in [3.05, 3.63) is 76.6 Å².